The summed E-state index contributed by atoms with van der Waals surface area (Å²) in [6.45, 7) is 3.88. The van der Waals surface area contributed by atoms with Crippen LogP contribution in [0.25, 0.3) is 0 Å². The zero-order valence-electron chi connectivity index (χ0n) is 9.65. The predicted octanol–water partition coefficient (Wildman–Crippen LogP) is -0.162. The highest BCUT2D eigenvalue weighted by Gasteiger charge is 2.65. The molecule has 2 N–H and O–H groups in total. The smallest absolute Gasteiger partial charge is 0.307 e. The fourth-order valence-electron chi connectivity index (χ4n) is 2.02. The van der Waals surface area contributed by atoms with E-state index in [1.807, 2.05) is 0 Å². The predicted molar refractivity (Wildman–Crippen MR) is 60.3 cm³/mol. The Kier molecular flexibility index (Phi) is 3.72. The number of nitrogens with one attached hydrogen (secondary N) is 1. The number of aliphatic carboxylic acids is 1. The second-order valence-electron chi connectivity index (χ2n) is 4.68. The Morgan fingerprint density at radius 1 is 1.38 bits per heavy atom. The maximum Gasteiger partial charge on any atom is 0.307 e. The van der Waals surface area contributed by atoms with Crippen molar-refractivity contribution >= 4 is 22.7 Å². The van der Waals surface area contributed by atoms with Crippen LogP contribution in [0, 0.1) is 17.3 Å². The minimum absolute atomic E-state index is 0.247. The minimum Gasteiger partial charge on any atom is -0.481 e. The summed E-state index contributed by atoms with van der Waals surface area (Å²) in [6, 6.07) is 0. The molecule has 1 rings (SSSR count). The molecule has 1 aliphatic rings. The number of carbonyl (C=O) groups is 2. The van der Waals surface area contributed by atoms with Gasteiger partial charge in [0.15, 0.2) is 0 Å². The van der Waals surface area contributed by atoms with Crippen molar-refractivity contribution in [1.29, 1.82) is 0 Å². The van der Waals surface area contributed by atoms with Crippen molar-refractivity contribution in [1.82, 2.24) is 5.32 Å². The van der Waals surface area contributed by atoms with E-state index in [9.17, 15) is 13.8 Å². The first-order chi connectivity index (χ1) is 7.28. The lowest BCUT2D eigenvalue weighted by molar-refractivity contribution is -0.140. The molecule has 1 fully saturated rings. The van der Waals surface area contributed by atoms with Gasteiger partial charge in [-0.1, -0.05) is 13.8 Å². The van der Waals surface area contributed by atoms with E-state index in [1.54, 1.807) is 20.1 Å². The molecular formula is C10H17NO4S. The van der Waals surface area contributed by atoms with Gasteiger partial charge in [-0.3, -0.25) is 13.8 Å². The lowest BCUT2D eigenvalue weighted by Crippen LogP contribution is -2.30. The average Bonchev–Trinajstić information content (AvgIpc) is 2.68. The molecule has 0 bridgehead atoms. The van der Waals surface area contributed by atoms with Crippen molar-refractivity contribution in [2.45, 2.75) is 13.8 Å². The van der Waals surface area contributed by atoms with Gasteiger partial charge < -0.3 is 10.4 Å². The molecule has 0 aromatic rings. The van der Waals surface area contributed by atoms with Crippen LogP contribution < -0.4 is 5.32 Å². The summed E-state index contributed by atoms with van der Waals surface area (Å²) in [4.78, 5) is 22.5. The van der Waals surface area contributed by atoms with Crippen LogP contribution in [0.1, 0.15) is 13.8 Å². The summed E-state index contributed by atoms with van der Waals surface area (Å²) in [6.07, 6.45) is 1.56. The van der Waals surface area contributed by atoms with E-state index < -0.39 is 34.0 Å². The molecule has 0 aromatic carbocycles. The molecule has 0 aliphatic heterocycles. The third kappa shape index (κ3) is 2.61. The van der Waals surface area contributed by atoms with Gasteiger partial charge in [0.1, 0.15) is 0 Å². The fourth-order valence-corrected chi connectivity index (χ4v) is 2.41. The maximum absolute atomic E-state index is 11.6. The number of carboxylic acid groups (broad SMARTS) is 1. The molecular weight excluding hydrogens is 230 g/mol. The van der Waals surface area contributed by atoms with Crippen LogP contribution in [0.15, 0.2) is 0 Å². The quantitative estimate of drug-likeness (QED) is 0.707. The second kappa shape index (κ2) is 4.53. The van der Waals surface area contributed by atoms with E-state index in [1.165, 1.54) is 0 Å². The fraction of sp³-hybridized carbons (Fsp3) is 0.800. The maximum atomic E-state index is 11.6. The molecule has 0 spiro atoms. The molecule has 0 radical (unpaired) electrons. The molecule has 1 saturated carbocycles. The van der Waals surface area contributed by atoms with Crippen LogP contribution in [0.4, 0.5) is 0 Å². The van der Waals surface area contributed by atoms with Crippen molar-refractivity contribution in [3.8, 4) is 0 Å². The average molecular weight is 247 g/mol. The van der Waals surface area contributed by atoms with Crippen molar-refractivity contribution in [3.05, 3.63) is 0 Å². The number of carboxylic acids is 1. The van der Waals surface area contributed by atoms with Gasteiger partial charge in [-0.15, -0.1) is 0 Å². The Hall–Kier alpha value is -0.910. The summed E-state index contributed by atoms with van der Waals surface area (Å²) < 4.78 is 10.8. The normalized spacial score (nSPS) is 28.2. The monoisotopic (exact) mass is 247 g/mol. The van der Waals surface area contributed by atoms with Gasteiger partial charge in [0.05, 0.1) is 11.8 Å². The third-order valence-corrected chi connectivity index (χ3v) is 3.84. The Bertz CT molecular complexity index is 340. The highest BCUT2D eigenvalue weighted by molar-refractivity contribution is 7.84. The van der Waals surface area contributed by atoms with E-state index in [2.05, 4.69) is 5.32 Å². The Morgan fingerprint density at radius 2 is 1.94 bits per heavy atom. The van der Waals surface area contributed by atoms with Gasteiger partial charge in [-0.05, 0) is 5.41 Å². The van der Waals surface area contributed by atoms with Gasteiger partial charge in [-0.25, -0.2) is 0 Å². The van der Waals surface area contributed by atoms with Gasteiger partial charge in [0.25, 0.3) is 0 Å². The zero-order valence-corrected chi connectivity index (χ0v) is 10.5. The molecule has 6 heteroatoms. The zero-order chi connectivity index (χ0) is 12.5. The highest BCUT2D eigenvalue weighted by atomic mass is 32.2. The van der Waals surface area contributed by atoms with Crippen molar-refractivity contribution in [2.24, 2.45) is 17.3 Å². The molecule has 1 unspecified atom stereocenters. The number of rotatable bonds is 5. The first kappa shape index (κ1) is 13.2. The summed E-state index contributed by atoms with van der Waals surface area (Å²) in [5.74, 6) is -1.83. The summed E-state index contributed by atoms with van der Waals surface area (Å²) in [5, 5.41) is 11.5. The largest absolute Gasteiger partial charge is 0.481 e. The van der Waals surface area contributed by atoms with E-state index in [0.29, 0.717) is 12.3 Å². The van der Waals surface area contributed by atoms with Gasteiger partial charge >= 0.3 is 5.97 Å². The van der Waals surface area contributed by atoms with E-state index in [-0.39, 0.29) is 5.91 Å². The van der Waals surface area contributed by atoms with E-state index in [4.69, 9.17) is 5.11 Å². The molecule has 1 aliphatic carbocycles. The van der Waals surface area contributed by atoms with Gasteiger partial charge in [-0.2, -0.15) is 0 Å². The number of carbonyl (C=O) groups excluding carboxylic acids is 1. The first-order valence-electron chi connectivity index (χ1n) is 5.09. The molecule has 0 aromatic heterocycles. The standard InChI is InChI=1S/C10H17NO4S/c1-10(2)6(7(10)9(13)14)8(12)11-4-5-16(3)15/h6-7H,4-5H2,1-3H3,(H,11,12)(H,13,14)/t6-,7+,16?/m1/s1. The lowest BCUT2D eigenvalue weighted by atomic mass is 10.1. The van der Waals surface area contributed by atoms with Crippen LogP contribution in [-0.4, -0.2) is 39.7 Å². The molecule has 1 amide bonds. The number of amides is 1. The van der Waals surface area contributed by atoms with Crippen LogP contribution in [0.3, 0.4) is 0 Å². The second-order valence-corrected chi connectivity index (χ2v) is 6.24. The van der Waals surface area contributed by atoms with Crippen LogP contribution in [-0.2, 0) is 20.4 Å². The van der Waals surface area contributed by atoms with Crippen LogP contribution in [0.5, 0.6) is 0 Å². The summed E-state index contributed by atoms with van der Waals surface area (Å²) >= 11 is 0. The summed E-state index contributed by atoms with van der Waals surface area (Å²) in [7, 11) is -0.943. The van der Waals surface area contributed by atoms with Crippen molar-refractivity contribution < 1.29 is 18.9 Å². The Morgan fingerprint density at radius 3 is 2.31 bits per heavy atom. The van der Waals surface area contributed by atoms with E-state index in [0.717, 1.165) is 0 Å². The van der Waals surface area contributed by atoms with Crippen LogP contribution in [0.2, 0.25) is 0 Å². The Labute approximate surface area is 97.1 Å². The van der Waals surface area contributed by atoms with Gasteiger partial charge in [0.2, 0.25) is 5.91 Å². The molecule has 16 heavy (non-hydrogen) atoms. The van der Waals surface area contributed by atoms with Gasteiger partial charge in [0, 0.05) is 29.4 Å². The summed E-state index contributed by atoms with van der Waals surface area (Å²) in [5.41, 5.74) is -0.471. The number of hydrogen-bond donors (Lipinski definition) is 2. The minimum atomic E-state index is -0.943. The topological polar surface area (TPSA) is 83.5 Å². The molecule has 92 valence electrons. The van der Waals surface area contributed by atoms with Crippen LogP contribution >= 0.6 is 0 Å². The number of hydrogen-bond acceptors (Lipinski definition) is 3. The molecule has 0 heterocycles. The van der Waals surface area contributed by atoms with E-state index >= 15 is 0 Å². The third-order valence-electron chi connectivity index (χ3n) is 3.06. The first-order valence-corrected chi connectivity index (χ1v) is 6.81. The van der Waals surface area contributed by atoms with Crippen molar-refractivity contribution in [2.75, 3.05) is 18.6 Å². The van der Waals surface area contributed by atoms with Crippen molar-refractivity contribution in [3.63, 3.8) is 0 Å². The molecule has 0 saturated heterocycles. The molecule has 5 nitrogen and oxygen atoms in total. The highest BCUT2D eigenvalue weighted by Crippen LogP contribution is 2.58. The lowest BCUT2D eigenvalue weighted by Gasteiger charge is -2.04. The Balaban J connectivity index is 2.45. The SMILES string of the molecule is CS(=O)CCNC(=O)[C@H]1[C@@H](C(=O)O)C1(C)C. The molecule has 3 atom stereocenters.